The van der Waals surface area contributed by atoms with Crippen molar-refractivity contribution >= 4 is 11.6 Å². The SMILES string of the molecule is COc1cccc(N2CCN(C(=O)c3cnn(-c4cccc(C)c4)c3C3CCNCC3)CC2)c1. The quantitative estimate of drug-likeness (QED) is 0.632. The van der Waals surface area contributed by atoms with Crippen LogP contribution in [-0.2, 0) is 0 Å². The van der Waals surface area contributed by atoms with Crippen molar-refractivity contribution in [3.05, 3.63) is 71.5 Å². The van der Waals surface area contributed by atoms with Gasteiger partial charge in [-0.3, -0.25) is 4.79 Å². The first-order valence-electron chi connectivity index (χ1n) is 12.2. The first kappa shape index (κ1) is 22.5. The van der Waals surface area contributed by atoms with Crippen molar-refractivity contribution in [2.75, 3.05) is 51.3 Å². The van der Waals surface area contributed by atoms with Gasteiger partial charge < -0.3 is 19.9 Å². The zero-order chi connectivity index (χ0) is 23.5. The number of anilines is 1. The second kappa shape index (κ2) is 9.89. The third-order valence-corrected chi connectivity index (χ3v) is 6.99. The number of hydrogen-bond acceptors (Lipinski definition) is 5. The van der Waals surface area contributed by atoms with Crippen LogP contribution >= 0.6 is 0 Å². The third kappa shape index (κ3) is 4.53. The summed E-state index contributed by atoms with van der Waals surface area (Å²) >= 11 is 0. The number of nitrogens with one attached hydrogen (secondary N) is 1. The van der Waals surface area contributed by atoms with Gasteiger partial charge in [0.25, 0.3) is 5.91 Å². The molecule has 2 fully saturated rings. The zero-order valence-corrected chi connectivity index (χ0v) is 20.0. The predicted molar refractivity (Wildman–Crippen MR) is 134 cm³/mol. The van der Waals surface area contributed by atoms with Gasteiger partial charge in [-0.25, -0.2) is 4.68 Å². The Morgan fingerprint density at radius 2 is 1.74 bits per heavy atom. The molecule has 34 heavy (non-hydrogen) atoms. The van der Waals surface area contributed by atoms with E-state index in [1.807, 2.05) is 21.7 Å². The number of rotatable bonds is 5. The number of aryl methyl sites for hydroxylation is 1. The van der Waals surface area contributed by atoms with Crippen LogP contribution in [0, 0.1) is 6.92 Å². The third-order valence-electron chi connectivity index (χ3n) is 6.99. The lowest BCUT2D eigenvalue weighted by Gasteiger charge is -2.36. The van der Waals surface area contributed by atoms with E-state index in [0.29, 0.717) is 19.0 Å². The van der Waals surface area contributed by atoms with Gasteiger partial charge in [-0.15, -0.1) is 0 Å². The van der Waals surface area contributed by atoms with Gasteiger partial charge in [0.15, 0.2) is 0 Å². The van der Waals surface area contributed by atoms with Crippen molar-refractivity contribution < 1.29 is 9.53 Å². The highest BCUT2D eigenvalue weighted by Crippen LogP contribution is 2.31. The molecule has 1 amide bonds. The number of methoxy groups -OCH3 is 1. The van der Waals surface area contributed by atoms with Crippen molar-refractivity contribution in [1.29, 1.82) is 0 Å². The molecule has 5 rings (SSSR count). The summed E-state index contributed by atoms with van der Waals surface area (Å²) in [5.41, 5.74) is 5.16. The first-order valence-corrected chi connectivity index (χ1v) is 12.2. The van der Waals surface area contributed by atoms with Gasteiger partial charge in [0.05, 0.1) is 30.3 Å². The molecule has 1 N–H and O–H groups in total. The van der Waals surface area contributed by atoms with Gasteiger partial charge in [0.1, 0.15) is 5.75 Å². The summed E-state index contributed by atoms with van der Waals surface area (Å²) < 4.78 is 7.38. The van der Waals surface area contributed by atoms with E-state index in [0.717, 1.165) is 67.4 Å². The van der Waals surface area contributed by atoms with E-state index in [-0.39, 0.29) is 5.91 Å². The van der Waals surface area contributed by atoms with Crippen LogP contribution in [0.1, 0.15) is 40.4 Å². The molecule has 0 saturated carbocycles. The van der Waals surface area contributed by atoms with Gasteiger partial charge in [-0.05, 0) is 62.7 Å². The van der Waals surface area contributed by atoms with E-state index >= 15 is 0 Å². The van der Waals surface area contributed by atoms with Gasteiger partial charge in [-0.1, -0.05) is 18.2 Å². The minimum Gasteiger partial charge on any atom is -0.497 e. The minimum atomic E-state index is 0.0951. The van der Waals surface area contributed by atoms with E-state index in [9.17, 15) is 4.79 Å². The van der Waals surface area contributed by atoms with E-state index in [4.69, 9.17) is 9.84 Å². The Balaban J connectivity index is 1.38. The number of aromatic nitrogens is 2. The number of hydrogen-bond donors (Lipinski definition) is 1. The van der Waals surface area contributed by atoms with Gasteiger partial charge in [0, 0.05) is 43.9 Å². The number of ether oxygens (including phenoxy) is 1. The van der Waals surface area contributed by atoms with Crippen LogP contribution in [0.2, 0.25) is 0 Å². The van der Waals surface area contributed by atoms with Crippen molar-refractivity contribution in [3.8, 4) is 11.4 Å². The van der Waals surface area contributed by atoms with Crippen LogP contribution in [0.3, 0.4) is 0 Å². The number of nitrogens with zero attached hydrogens (tertiary/aromatic N) is 4. The summed E-state index contributed by atoms with van der Waals surface area (Å²) in [6, 6.07) is 16.5. The van der Waals surface area contributed by atoms with Crippen molar-refractivity contribution in [3.63, 3.8) is 0 Å². The largest absolute Gasteiger partial charge is 0.497 e. The Bertz CT molecular complexity index is 1140. The Kier molecular flexibility index (Phi) is 6.54. The van der Waals surface area contributed by atoms with Crippen molar-refractivity contribution in [1.82, 2.24) is 20.0 Å². The van der Waals surface area contributed by atoms with Gasteiger partial charge in [0.2, 0.25) is 0 Å². The van der Waals surface area contributed by atoms with Gasteiger partial charge in [-0.2, -0.15) is 5.10 Å². The summed E-state index contributed by atoms with van der Waals surface area (Å²) in [6.45, 7) is 7.01. The Morgan fingerprint density at radius 3 is 2.47 bits per heavy atom. The molecule has 0 aliphatic carbocycles. The molecule has 0 radical (unpaired) electrons. The van der Waals surface area contributed by atoms with Gasteiger partial charge >= 0.3 is 0 Å². The summed E-state index contributed by atoms with van der Waals surface area (Å²) in [7, 11) is 1.69. The summed E-state index contributed by atoms with van der Waals surface area (Å²) in [5.74, 6) is 1.27. The van der Waals surface area contributed by atoms with Crippen LogP contribution in [0.5, 0.6) is 5.75 Å². The summed E-state index contributed by atoms with van der Waals surface area (Å²) in [4.78, 5) is 18.0. The fraction of sp³-hybridized carbons (Fsp3) is 0.407. The molecule has 0 bridgehead atoms. The lowest BCUT2D eigenvalue weighted by Crippen LogP contribution is -2.49. The highest BCUT2D eigenvalue weighted by atomic mass is 16.5. The second-order valence-corrected chi connectivity index (χ2v) is 9.20. The zero-order valence-electron chi connectivity index (χ0n) is 20.0. The average Bonchev–Trinajstić information content (AvgIpc) is 3.34. The molecule has 0 atom stereocenters. The predicted octanol–water partition coefficient (Wildman–Crippen LogP) is 3.62. The van der Waals surface area contributed by atoms with E-state index in [1.165, 1.54) is 5.56 Å². The Hall–Kier alpha value is -3.32. The highest BCUT2D eigenvalue weighted by Gasteiger charge is 2.30. The maximum atomic E-state index is 13.7. The fourth-order valence-electron chi connectivity index (χ4n) is 5.12. The lowest BCUT2D eigenvalue weighted by molar-refractivity contribution is 0.0744. The number of piperazine rings is 1. The molecule has 2 saturated heterocycles. The molecule has 0 spiro atoms. The maximum Gasteiger partial charge on any atom is 0.257 e. The molecule has 7 heteroatoms. The van der Waals surface area contributed by atoms with Crippen LogP contribution in [0.15, 0.2) is 54.7 Å². The number of carbonyl (C=O) groups is 1. The summed E-state index contributed by atoms with van der Waals surface area (Å²) in [6.07, 6.45) is 3.82. The number of amides is 1. The topological polar surface area (TPSA) is 62.6 Å². The summed E-state index contributed by atoms with van der Waals surface area (Å²) in [5, 5.41) is 8.17. The second-order valence-electron chi connectivity index (χ2n) is 9.20. The van der Waals surface area contributed by atoms with Crippen molar-refractivity contribution in [2.24, 2.45) is 0 Å². The minimum absolute atomic E-state index is 0.0951. The molecular formula is C27H33N5O2. The lowest BCUT2D eigenvalue weighted by atomic mass is 9.91. The molecule has 1 aromatic heterocycles. The van der Waals surface area contributed by atoms with Crippen molar-refractivity contribution in [2.45, 2.75) is 25.7 Å². The number of carbonyl (C=O) groups excluding carboxylic acids is 1. The highest BCUT2D eigenvalue weighted by molar-refractivity contribution is 5.95. The van der Waals surface area contributed by atoms with Crippen LogP contribution in [0.25, 0.3) is 5.69 Å². The fourth-order valence-corrected chi connectivity index (χ4v) is 5.12. The molecule has 2 aliphatic heterocycles. The van der Waals surface area contributed by atoms with E-state index in [2.05, 4.69) is 53.5 Å². The number of benzene rings is 2. The first-order chi connectivity index (χ1) is 16.6. The van der Waals surface area contributed by atoms with Crippen LogP contribution < -0.4 is 15.0 Å². The smallest absolute Gasteiger partial charge is 0.257 e. The molecular weight excluding hydrogens is 426 g/mol. The Morgan fingerprint density at radius 1 is 1.00 bits per heavy atom. The molecule has 2 aromatic carbocycles. The molecule has 7 nitrogen and oxygen atoms in total. The molecule has 0 unspecified atom stereocenters. The molecule has 3 heterocycles. The average molecular weight is 460 g/mol. The van der Waals surface area contributed by atoms with E-state index in [1.54, 1.807) is 13.3 Å². The number of piperidine rings is 1. The molecule has 3 aromatic rings. The van der Waals surface area contributed by atoms with Crippen LogP contribution in [-0.4, -0.2) is 67.0 Å². The normalized spacial score (nSPS) is 17.1. The molecule has 178 valence electrons. The Labute approximate surface area is 201 Å². The molecule has 2 aliphatic rings. The maximum absolute atomic E-state index is 13.7. The van der Waals surface area contributed by atoms with E-state index < -0.39 is 0 Å². The standard InChI is InChI=1S/C27H33N5O2/c1-20-5-3-7-23(17-20)32-26(21-9-11-28-12-10-21)25(19-29-32)27(33)31-15-13-30(14-16-31)22-6-4-8-24(18-22)34-2/h3-8,17-19,21,28H,9-16H2,1-2H3. The monoisotopic (exact) mass is 459 g/mol. The van der Waals surface area contributed by atoms with Crippen LogP contribution in [0.4, 0.5) is 5.69 Å².